The first-order chi connectivity index (χ1) is 9.08. The minimum atomic E-state index is -0.406. The number of nitrogens with zero attached hydrogens (tertiary/aromatic N) is 2. The van der Waals surface area contributed by atoms with Crippen LogP contribution in [0.15, 0.2) is 18.2 Å². The number of nitro benzene ring substituents is 1. The van der Waals surface area contributed by atoms with Gasteiger partial charge in [-0.2, -0.15) is 0 Å². The van der Waals surface area contributed by atoms with Crippen molar-refractivity contribution in [1.82, 2.24) is 4.90 Å². The van der Waals surface area contributed by atoms with Gasteiger partial charge in [0.15, 0.2) is 0 Å². The van der Waals surface area contributed by atoms with Gasteiger partial charge in [0.25, 0.3) is 5.69 Å². The number of likely N-dealkylation sites (tertiary alicyclic amines) is 1. The Balaban J connectivity index is 2.06. The van der Waals surface area contributed by atoms with Gasteiger partial charge in [-0.15, -0.1) is 0 Å². The van der Waals surface area contributed by atoms with Crippen molar-refractivity contribution in [3.63, 3.8) is 0 Å². The lowest BCUT2D eigenvalue weighted by Crippen LogP contribution is -2.33. The van der Waals surface area contributed by atoms with Gasteiger partial charge in [0.1, 0.15) is 5.69 Å². The van der Waals surface area contributed by atoms with Crippen molar-refractivity contribution in [3.05, 3.63) is 33.3 Å². The van der Waals surface area contributed by atoms with Crippen LogP contribution in [0.25, 0.3) is 0 Å². The molecule has 1 N–H and O–H groups in total. The van der Waals surface area contributed by atoms with Crippen LogP contribution < -0.4 is 5.32 Å². The third-order valence-corrected chi connectivity index (χ3v) is 3.62. The van der Waals surface area contributed by atoms with Gasteiger partial charge in [0.05, 0.1) is 9.95 Å². The van der Waals surface area contributed by atoms with Crippen molar-refractivity contribution in [1.29, 1.82) is 0 Å². The van der Waals surface area contributed by atoms with E-state index in [1.807, 2.05) is 6.92 Å². The van der Waals surface area contributed by atoms with Crippen molar-refractivity contribution >= 4 is 23.0 Å². The molecule has 19 heavy (non-hydrogen) atoms. The van der Waals surface area contributed by atoms with E-state index in [4.69, 9.17) is 11.6 Å². The molecule has 6 heteroatoms. The fraction of sp³-hybridized carbons (Fsp3) is 0.538. The number of hydrogen-bond acceptors (Lipinski definition) is 4. The number of nitro groups is 1. The molecular formula is C13H18ClN3O2. The molecule has 0 saturated carbocycles. The molecule has 1 unspecified atom stereocenters. The van der Waals surface area contributed by atoms with Crippen molar-refractivity contribution in [3.8, 4) is 0 Å². The SMILES string of the molecule is CC(CN1CCCC1)Nc1c(Cl)cccc1[N+](=O)[O-]. The Bertz CT molecular complexity index is 461. The number of rotatable bonds is 5. The zero-order valence-electron chi connectivity index (χ0n) is 10.9. The van der Waals surface area contributed by atoms with Crippen LogP contribution in [0.1, 0.15) is 19.8 Å². The van der Waals surface area contributed by atoms with Gasteiger partial charge in [-0.1, -0.05) is 17.7 Å². The van der Waals surface area contributed by atoms with Gasteiger partial charge in [-0.3, -0.25) is 10.1 Å². The van der Waals surface area contributed by atoms with E-state index in [-0.39, 0.29) is 11.7 Å². The molecule has 1 aromatic carbocycles. The normalized spacial score (nSPS) is 17.4. The minimum Gasteiger partial charge on any atom is -0.375 e. The first-order valence-electron chi connectivity index (χ1n) is 6.49. The molecule has 1 fully saturated rings. The minimum absolute atomic E-state index is 0.0285. The lowest BCUT2D eigenvalue weighted by Gasteiger charge is -2.22. The Labute approximate surface area is 117 Å². The van der Waals surface area contributed by atoms with E-state index >= 15 is 0 Å². The van der Waals surface area contributed by atoms with Crippen LogP contribution in [0.3, 0.4) is 0 Å². The number of hydrogen-bond donors (Lipinski definition) is 1. The molecule has 1 aliphatic heterocycles. The summed E-state index contributed by atoms with van der Waals surface area (Å²) in [5, 5.41) is 14.6. The summed E-state index contributed by atoms with van der Waals surface area (Å²) in [6.07, 6.45) is 2.47. The lowest BCUT2D eigenvalue weighted by molar-refractivity contribution is -0.384. The molecule has 2 rings (SSSR count). The van der Waals surface area contributed by atoms with E-state index in [9.17, 15) is 10.1 Å². The summed E-state index contributed by atoms with van der Waals surface area (Å²) in [6, 6.07) is 4.85. The van der Waals surface area contributed by atoms with Crippen LogP contribution >= 0.6 is 11.6 Å². The van der Waals surface area contributed by atoms with Crippen molar-refractivity contribution < 1.29 is 4.92 Å². The van der Waals surface area contributed by atoms with Crippen LogP contribution in [-0.2, 0) is 0 Å². The quantitative estimate of drug-likeness (QED) is 0.666. The third kappa shape index (κ3) is 3.58. The molecule has 0 aromatic heterocycles. The topological polar surface area (TPSA) is 58.4 Å². The summed E-state index contributed by atoms with van der Waals surface area (Å²) in [6.45, 7) is 5.11. The Hall–Kier alpha value is -1.33. The smallest absolute Gasteiger partial charge is 0.293 e. The molecule has 1 aliphatic rings. The number of benzene rings is 1. The standard InChI is InChI=1S/C13H18ClN3O2/c1-10(9-16-7-2-3-8-16)15-13-11(14)5-4-6-12(13)17(18)19/h4-6,10,15H,2-3,7-9H2,1H3. The van der Waals surface area contributed by atoms with E-state index < -0.39 is 4.92 Å². The Morgan fingerprint density at radius 2 is 2.16 bits per heavy atom. The molecule has 0 spiro atoms. The monoisotopic (exact) mass is 283 g/mol. The number of halogens is 1. The number of nitrogens with one attached hydrogen (secondary N) is 1. The summed E-state index contributed by atoms with van der Waals surface area (Å²) in [5.74, 6) is 0. The second-order valence-corrected chi connectivity index (χ2v) is 5.35. The lowest BCUT2D eigenvalue weighted by atomic mass is 10.2. The van der Waals surface area contributed by atoms with E-state index in [1.54, 1.807) is 12.1 Å². The van der Waals surface area contributed by atoms with E-state index in [0.29, 0.717) is 10.7 Å². The third-order valence-electron chi connectivity index (χ3n) is 3.31. The first-order valence-corrected chi connectivity index (χ1v) is 6.87. The highest BCUT2D eigenvalue weighted by Crippen LogP contribution is 2.32. The summed E-state index contributed by atoms with van der Waals surface area (Å²) in [5.41, 5.74) is 0.446. The van der Waals surface area contributed by atoms with Crippen LogP contribution in [0.5, 0.6) is 0 Å². The van der Waals surface area contributed by atoms with Crippen LogP contribution in [-0.4, -0.2) is 35.5 Å². The predicted molar refractivity (Wildman–Crippen MR) is 76.9 cm³/mol. The zero-order valence-corrected chi connectivity index (χ0v) is 11.7. The summed E-state index contributed by atoms with van der Waals surface area (Å²) >= 11 is 6.05. The largest absolute Gasteiger partial charge is 0.375 e. The second-order valence-electron chi connectivity index (χ2n) is 4.94. The molecular weight excluding hydrogens is 266 g/mol. The maximum Gasteiger partial charge on any atom is 0.293 e. The van der Waals surface area contributed by atoms with E-state index in [1.165, 1.54) is 18.9 Å². The van der Waals surface area contributed by atoms with Crippen LogP contribution in [0.2, 0.25) is 5.02 Å². The maximum atomic E-state index is 11.0. The fourth-order valence-electron chi connectivity index (χ4n) is 2.45. The molecule has 5 nitrogen and oxygen atoms in total. The molecule has 104 valence electrons. The highest BCUT2D eigenvalue weighted by Gasteiger charge is 2.20. The van der Waals surface area contributed by atoms with E-state index in [2.05, 4.69) is 10.2 Å². The molecule has 0 amide bonds. The molecule has 0 radical (unpaired) electrons. The van der Waals surface area contributed by atoms with Crippen LogP contribution in [0.4, 0.5) is 11.4 Å². The molecule has 0 bridgehead atoms. The van der Waals surface area contributed by atoms with Crippen molar-refractivity contribution in [2.24, 2.45) is 0 Å². The average Bonchev–Trinajstić information content (AvgIpc) is 2.84. The summed E-state index contributed by atoms with van der Waals surface area (Å²) < 4.78 is 0. The number of para-hydroxylation sites is 1. The Kier molecular flexibility index (Phi) is 4.61. The Morgan fingerprint density at radius 1 is 1.47 bits per heavy atom. The highest BCUT2D eigenvalue weighted by molar-refractivity contribution is 6.33. The van der Waals surface area contributed by atoms with Crippen molar-refractivity contribution in [2.45, 2.75) is 25.8 Å². The summed E-state index contributed by atoms with van der Waals surface area (Å²) in [7, 11) is 0. The second kappa shape index (κ2) is 6.21. The molecule has 1 saturated heterocycles. The fourth-order valence-corrected chi connectivity index (χ4v) is 2.68. The summed E-state index contributed by atoms with van der Waals surface area (Å²) in [4.78, 5) is 13.0. The number of anilines is 1. The molecule has 1 heterocycles. The first kappa shape index (κ1) is 14.1. The zero-order chi connectivity index (χ0) is 13.8. The molecule has 1 atom stereocenters. The molecule has 0 aliphatic carbocycles. The maximum absolute atomic E-state index is 11.0. The molecule has 1 aromatic rings. The Morgan fingerprint density at radius 3 is 2.79 bits per heavy atom. The van der Waals surface area contributed by atoms with Crippen molar-refractivity contribution in [2.75, 3.05) is 25.0 Å². The van der Waals surface area contributed by atoms with Crippen LogP contribution in [0, 0.1) is 10.1 Å². The highest BCUT2D eigenvalue weighted by atomic mass is 35.5. The van der Waals surface area contributed by atoms with E-state index in [0.717, 1.165) is 19.6 Å². The predicted octanol–water partition coefficient (Wildman–Crippen LogP) is 3.14. The van der Waals surface area contributed by atoms with Gasteiger partial charge < -0.3 is 10.2 Å². The van der Waals surface area contributed by atoms with Gasteiger partial charge in [-0.25, -0.2) is 0 Å². The van der Waals surface area contributed by atoms with Gasteiger partial charge in [0.2, 0.25) is 0 Å². The average molecular weight is 284 g/mol. The van der Waals surface area contributed by atoms with Gasteiger partial charge in [0, 0.05) is 18.7 Å². The van der Waals surface area contributed by atoms with Gasteiger partial charge >= 0.3 is 0 Å². The van der Waals surface area contributed by atoms with Gasteiger partial charge in [-0.05, 0) is 38.9 Å².